The van der Waals surface area contributed by atoms with Crippen LogP contribution < -0.4 is 10.1 Å². The largest absolute Gasteiger partial charge is 0.497 e. The minimum absolute atomic E-state index is 0.0736. The van der Waals surface area contributed by atoms with E-state index < -0.39 is 0 Å². The molecule has 0 bridgehead atoms. The molecule has 0 radical (unpaired) electrons. The van der Waals surface area contributed by atoms with Gasteiger partial charge in [-0.3, -0.25) is 0 Å². The fourth-order valence-corrected chi connectivity index (χ4v) is 3.36. The zero-order chi connectivity index (χ0) is 12.6. The van der Waals surface area contributed by atoms with E-state index in [9.17, 15) is 0 Å². The number of ether oxygens (including phenoxy) is 2. The Morgan fingerprint density at radius 3 is 3.11 bits per heavy atom. The van der Waals surface area contributed by atoms with Crippen LogP contribution in [0, 0.1) is 0 Å². The molecule has 1 N–H and O–H groups in total. The molecule has 1 aromatic rings. The third-order valence-corrected chi connectivity index (χ3v) is 4.44. The lowest BCUT2D eigenvalue weighted by Crippen LogP contribution is -2.43. The van der Waals surface area contributed by atoms with Crippen molar-refractivity contribution in [3.05, 3.63) is 29.3 Å². The van der Waals surface area contributed by atoms with Crippen molar-refractivity contribution in [2.24, 2.45) is 0 Å². The van der Waals surface area contributed by atoms with Gasteiger partial charge in [0.15, 0.2) is 0 Å². The summed E-state index contributed by atoms with van der Waals surface area (Å²) in [5.74, 6) is 0.935. The van der Waals surface area contributed by atoms with Crippen LogP contribution in [0.1, 0.15) is 30.4 Å². The minimum Gasteiger partial charge on any atom is -0.497 e. The molecule has 1 saturated heterocycles. The van der Waals surface area contributed by atoms with Crippen molar-refractivity contribution in [1.29, 1.82) is 0 Å². The van der Waals surface area contributed by atoms with Gasteiger partial charge in [-0.1, -0.05) is 6.07 Å². The van der Waals surface area contributed by atoms with Crippen LogP contribution in [-0.4, -0.2) is 26.8 Å². The first kappa shape index (κ1) is 12.0. The smallest absolute Gasteiger partial charge is 0.119 e. The third kappa shape index (κ3) is 1.82. The van der Waals surface area contributed by atoms with Crippen molar-refractivity contribution >= 4 is 0 Å². The van der Waals surface area contributed by atoms with Crippen LogP contribution in [0.5, 0.6) is 5.75 Å². The van der Waals surface area contributed by atoms with E-state index in [1.807, 2.05) is 7.05 Å². The highest BCUT2D eigenvalue weighted by molar-refractivity contribution is 5.43. The van der Waals surface area contributed by atoms with Gasteiger partial charge in [0.2, 0.25) is 0 Å². The Bertz CT molecular complexity index is 442. The van der Waals surface area contributed by atoms with E-state index in [4.69, 9.17) is 9.47 Å². The summed E-state index contributed by atoms with van der Waals surface area (Å²) in [7, 11) is 3.77. The molecule has 98 valence electrons. The van der Waals surface area contributed by atoms with Gasteiger partial charge >= 0.3 is 0 Å². The second-order valence-corrected chi connectivity index (χ2v) is 5.34. The van der Waals surface area contributed by atoms with Crippen LogP contribution in [0.15, 0.2) is 18.2 Å². The first-order chi connectivity index (χ1) is 8.77. The Kier molecular flexibility index (Phi) is 3.04. The SMILES string of the molecule is CNC1CCOC2(CCc3ccc(OC)cc32)C1. The second-order valence-electron chi connectivity index (χ2n) is 5.34. The monoisotopic (exact) mass is 247 g/mol. The molecule has 1 aromatic carbocycles. The number of rotatable bonds is 2. The fourth-order valence-electron chi connectivity index (χ4n) is 3.36. The summed E-state index contributed by atoms with van der Waals surface area (Å²) in [6.07, 6.45) is 4.41. The fraction of sp³-hybridized carbons (Fsp3) is 0.600. The van der Waals surface area contributed by atoms with Crippen molar-refractivity contribution in [2.75, 3.05) is 20.8 Å². The van der Waals surface area contributed by atoms with Crippen molar-refractivity contribution in [3.8, 4) is 5.75 Å². The summed E-state index contributed by atoms with van der Waals surface area (Å²) in [6, 6.07) is 6.97. The number of hydrogen-bond acceptors (Lipinski definition) is 3. The van der Waals surface area contributed by atoms with E-state index in [2.05, 4.69) is 23.5 Å². The van der Waals surface area contributed by atoms with E-state index >= 15 is 0 Å². The maximum Gasteiger partial charge on any atom is 0.119 e. The number of fused-ring (bicyclic) bond motifs is 2. The van der Waals surface area contributed by atoms with Crippen LogP contribution in [-0.2, 0) is 16.8 Å². The van der Waals surface area contributed by atoms with Crippen molar-refractivity contribution in [2.45, 2.75) is 37.3 Å². The van der Waals surface area contributed by atoms with Crippen molar-refractivity contribution < 1.29 is 9.47 Å². The number of benzene rings is 1. The molecule has 0 amide bonds. The highest BCUT2D eigenvalue weighted by Gasteiger charge is 2.43. The Morgan fingerprint density at radius 1 is 1.44 bits per heavy atom. The molecule has 0 aromatic heterocycles. The molecule has 18 heavy (non-hydrogen) atoms. The summed E-state index contributed by atoms with van der Waals surface area (Å²) in [5, 5.41) is 3.40. The number of aryl methyl sites for hydroxylation is 1. The molecule has 1 spiro atoms. The van der Waals surface area contributed by atoms with E-state index in [1.54, 1.807) is 7.11 Å². The molecule has 1 heterocycles. The van der Waals surface area contributed by atoms with E-state index in [0.717, 1.165) is 38.0 Å². The van der Waals surface area contributed by atoms with Gasteiger partial charge in [-0.05, 0) is 56.0 Å². The number of methoxy groups -OCH3 is 1. The summed E-state index contributed by atoms with van der Waals surface area (Å²) in [6.45, 7) is 0.849. The van der Waals surface area contributed by atoms with Crippen LogP contribution in [0.4, 0.5) is 0 Å². The zero-order valence-corrected chi connectivity index (χ0v) is 11.2. The molecule has 1 aliphatic carbocycles. The standard InChI is InChI=1S/C15H21NO2/c1-16-12-6-8-18-15(10-12)7-5-11-3-4-13(17-2)9-14(11)15/h3-4,9,12,16H,5-8,10H2,1-2H3. The summed E-state index contributed by atoms with van der Waals surface area (Å²) >= 11 is 0. The predicted molar refractivity (Wildman–Crippen MR) is 71.0 cm³/mol. The predicted octanol–water partition coefficient (Wildman–Crippen LogP) is 2.24. The number of hydrogen-bond donors (Lipinski definition) is 1. The van der Waals surface area contributed by atoms with Gasteiger partial charge < -0.3 is 14.8 Å². The van der Waals surface area contributed by atoms with Gasteiger partial charge in [-0.15, -0.1) is 0 Å². The molecule has 2 atom stereocenters. The van der Waals surface area contributed by atoms with Crippen molar-refractivity contribution in [3.63, 3.8) is 0 Å². The van der Waals surface area contributed by atoms with Crippen LogP contribution >= 0.6 is 0 Å². The van der Waals surface area contributed by atoms with Gasteiger partial charge in [0, 0.05) is 12.6 Å². The highest BCUT2D eigenvalue weighted by Crippen LogP contribution is 2.46. The van der Waals surface area contributed by atoms with Gasteiger partial charge in [0.25, 0.3) is 0 Å². The molecule has 2 aliphatic rings. The molecule has 1 aliphatic heterocycles. The number of nitrogens with one attached hydrogen (secondary N) is 1. The van der Waals surface area contributed by atoms with Crippen LogP contribution in [0.3, 0.4) is 0 Å². The topological polar surface area (TPSA) is 30.5 Å². The Labute approximate surface area is 108 Å². The first-order valence-corrected chi connectivity index (χ1v) is 6.76. The maximum atomic E-state index is 6.19. The van der Waals surface area contributed by atoms with E-state index in [-0.39, 0.29) is 5.60 Å². The quantitative estimate of drug-likeness (QED) is 0.869. The van der Waals surface area contributed by atoms with E-state index in [1.165, 1.54) is 11.1 Å². The minimum atomic E-state index is -0.0736. The Morgan fingerprint density at radius 2 is 2.33 bits per heavy atom. The van der Waals surface area contributed by atoms with E-state index in [0.29, 0.717) is 6.04 Å². The average molecular weight is 247 g/mol. The summed E-state index contributed by atoms with van der Waals surface area (Å²) in [4.78, 5) is 0. The zero-order valence-electron chi connectivity index (χ0n) is 11.2. The highest BCUT2D eigenvalue weighted by atomic mass is 16.5. The lowest BCUT2D eigenvalue weighted by Gasteiger charge is -2.39. The Hall–Kier alpha value is -1.06. The van der Waals surface area contributed by atoms with Gasteiger partial charge in [0.05, 0.1) is 12.7 Å². The molecule has 2 unspecified atom stereocenters. The second kappa shape index (κ2) is 4.56. The summed E-state index contributed by atoms with van der Waals surface area (Å²) in [5.41, 5.74) is 2.70. The molecule has 1 fully saturated rings. The van der Waals surface area contributed by atoms with Gasteiger partial charge in [-0.2, -0.15) is 0 Å². The van der Waals surface area contributed by atoms with Crippen molar-refractivity contribution in [1.82, 2.24) is 5.32 Å². The first-order valence-electron chi connectivity index (χ1n) is 6.76. The van der Waals surface area contributed by atoms with Crippen LogP contribution in [0.25, 0.3) is 0 Å². The lowest BCUT2D eigenvalue weighted by molar-refractivity contribution is -0.0921. The third-order valence-electron chi connectivity index (χ3n) is 4.44. The molecule has 3 heteroatoms. The average Bonchev–Trinajstić information content (AvgIpc) is 2.77. The molecule has 3 nitrogen and oxygen atoms in total. The molecular formula is C15H21NO2. The molecule has 3 rings (SSSR count). The molecule has 0 saturated carbocycles. The maximum absolute atomic E-state index is 6.19. The normalized spacial score (nSPS) is 30.4. The van der Waals surface area contributed by atoms with Gasteiger partial charge in [-0.25, -0.2) is 0 Å². The lowest BCUT2D eigenvalue weighted by atomic mass is 9.85. The Balaban J connectivity index is 1.96. The summed E-state index contributed by atoms with van der Waals surface area (Å²) < 4.78 is 11.5. The molecular weight excluding hydrogens is 226 g/mol. The van der Waals surface area contributed by atoms with Gasteiger partial charge in [0.1, 0.15) is 5.75 Å². The van der Waals surface area contributed by atoms with Crippen LogP contribution in [0.2, 0.25) is 0 Å².